The smallest absolute Gasteiger partial charge is 0.222 e. The SMILES string of the molecule is CN1CC(CN2CCC(Oc3cccnc3)CC2)CCC1=O. The number of hydrogen-bond acceptors (Lipinski definition) is 4. The Morgan fingerprint density at radius 2 is 2.14 bits per heavy atom. The van der Waals surface area contributed by atoms with E-state index in [0.717, 1.165) is 51.2 Å². The molecule has 1 aromatic rings. The molecule has 0 N–H and O–H groups in total. The van der Waals surface area contributed by atoms with Crippen LogP contribution in [0.5, 0.6) is 5.75 Å². The van der Waals surface area contributed by atoms with Crippen LogP contribution in [-0.2, 0) is 4.79 Å². The van der Waals surface area contributed by atoms with E-state index >= 15 is 0 Å². The zero-order valence-electron chi connectivity index (χ0n) is 13.3. The summed E-state index contributed by atoms with van der Waals surface area (Å²) in [5, 5.41) is 0. The lowest BCUT2D eigenvalue weighted by Gasteiger charge is -2.37. The number of piperidine rings is 2. The van der Waals surface area contributed by atoms with Gasteiger partial charge in [-0.1, -0.05) is 0 Å². The fraction of sp³-hybridized carbons (Fsp3) is 0.647. The lowest BCUT2D eigenvalue weighted by molar-refractivity contribution is -0.133. The molecule has 2 saturated heterocycles. The summed E-state index contributed by atoms with van der Waals surface area (Å²) in [7, 11) is 1.92. The maximum absolute atomic E-state index is 11.5. The second kappa shape index (κ2) is 7.09. The third kappa shape index (κ3) is 3.97. The quantitative estimate of drug-likeness (QED) is 0.851. The molecule has 5 nitrogen and oxygen atoms in total. The minimum Gasteiger partial charge on any atom is -0.489 e. The van der Waals surface area contributed by atoms with E-state index in [0.29, 0.717) is 24.3 Å². The molecule has 0 spiro atoms. The highest BCUT2D eigenvalue weighted by atomic mass is 16.5. The van der Waals surface area contributed by atoms with Gasteiger partial charge in [0.05, 0.1) is 6.20 Å². The number of hydrogen-bond donors (Lipinski definition) is 0. The van der Waals surface area contributed by atoms with Crippen molar-refractivity contribution in [2.24, 2.45) is 5.92 Å². The van der Waals surface area contributed by atoms with Crippen LogP contribution < -0.4 is 4.74 Å². The van der Waals surface area contributed by atoms with Crippen LogP contribution in [0.3, 0.4) is 0 Å². The first kappa shape index (κ1) is 15.3. The van der Waals surface area contributed by atoms with Crippen LogP contribution in [0.15, 0.2) is 24.5 Å². The topological polar surface area (TPSA) is 45.7 Å². The molecule has 0 aliphatic carbocycles. The summed E-state index contributed by atoms with van der Waals surface area (Å²) in [6.07, 6.45) is 7.72. The van der Waals surface area contributed by atoms with Crippen molar-refractivity contribution in [2.45, 2.75) is 31.8 Å². The van der Waals surface area contributed by atoms with Crippen molar-refractivity contribution in [1.82, 2.24) is 14.8 Å². The van der Waals surface area contributed by atoms with Crippen molar-refractivity contribution < 1.29 is 9.53 Å². The van der Waals surface area contributed by atoms with Crippen LogP contribution in [0.1, 0.15) is 25.7 Å². The molecular formula is C17H25N3O2. The number of carbonyl (C=O) groups is 1. The maximum Gasteiger partial charge on any atom is 0.222 e. The second-order valence-corrected chi connectivity index (χ2v) is 6.49. The number of ether oxygens (including phenoxy) is 1. The highest BCUT2D eigenvalue weighted by Gasteiger charge is 2.27. The summed E-state index contributed by atoms with van der Waals surface area (Å²) < 4.78 is 5.98. The van der Waals surface area contributed by atoms with Crippen LogP contribution in [0, 0.1) is 5.92 Å². The van der Waals surface area contributed by atoms with Gasteiger partial charge in [-0.25, -0.2) is 0 Å². The highest BCUT2D eigenvalue weighted by molar-refractivity contribution is 5.76. The van der Waals surface area contributed by atoms with Crippen molar-refractivity contribution in [3.8, 4) is 5.75 Å². The lowest BCUT2D eigenvalue weighted by atomic mass is 9.96. The van der Waals surface area contributed by atoms with Crippen molar-refractivity contribution in [3.05, 3.63) is 24.5 Å². The Hall–Kier alpha value is -1.62. The number of amides is 1. The molecule has 22 heavy (non-hydrogen) atoms. The van der Waals surface area contributed by atoms with Gasteiger partial charge in [0.1, 0.15) is 11.9 Å². The van der Waals surface area contributed by atoms with Crippen LogP contribution in [0.4, 0.5) is 0 Å². The molecule has 0 bridgehead atoms. The molecule has 3 heterocycles. The molecule has 2 fully saturated rings. The Morgan fingerprint density at radius 3 is 2.82 bits per heavy atom. The molecule has 2 aliphatic heterocycles. The molecule has 1 atom stereocenters. The summed E-state index contributed by atoms with van der Waals surface area (Å²) in [6, 6.07) is 3.87. The predicted octanol–water partition coefficient (Wildman–Crippen LogP) is 1.79. The molecule has 0 aromatic carbocycles. The van der Waals surface area contributed by atoms with E-state index in [9.17, 15) is 4.79 Å². The third-order valence-corrected chi connectivity index (χ3v) is 4.71. The largest absolute Gasteiger partial charge is 0.489 e. The van der Waals surface area contributed by atoms with Gasteiger partial charge in [0, 0.05) is 45.8 Å². The van der Waals surface area contributed by atoms with Gasteiger partial charge in [-0.3, -0.25) is 9.78 Å². The van der Waals surface area contributed by atoms with Gasteiger partial charge in [0.15, 0.2) is 0 Å². The fourth-order valence-corrected chi connectivity index (χ4v) is 3.43. The predicted molar refractivity (Wildman–Crippen MR) is 84.7 cm³/mol. The van der Waals surface area contributed by atoms with Crippen LogP contribution in [-0.4, -0.2) is 60.0 Å². The Labute approximate surface area is 132 Å². The van der Waals surface area contributed by atoms with E-state index in [1.165, 1.54) is 0 Å². The standard InChI is InChI=1S/C17H25N3O2/c1-19-12-14(4-5-17(19)21)13-20-9-6-15(7-10-20)22-16-3-2-8-18-11-16/h2-3,8,11,14-15H,4-7,9-10,12-13H2,1H3. The Balaban J connectivity index is 1.41. The minimum absolute atomic E-state index is 0.292. The minimum atomic E-state index is 0.292. The Bertz CT molecular complexity index is 486. The normalized spacial score (nSPS) is 24.5. The molecule has 2 aliphatic rings. The van der Waals surface area contributed by atoms with Gasteiger partial charge >= 0.3 is 0 Å². The second-order valence-electron chi connectivity index (χ2n) is 6.49. The first-order valence-corrected chi connectivity index (χ1v) is 8.23. The average Bonchev–Trinajstić information content (AvgIpc) is 2.54. The molecule has 1 aromatic heterocycles. The van der Waals surface area contributed by atoms with E-state index in [1.54, 1.807) is 12.4 Å². The number of pyridine rings is 1. The van der Waals surface area contributed by atoms with Gasteiger partial charge in [0.2, 0.25) is 5.91 Å². The first-order valence-electron chi connectivity index (χ1n) is 8.23. The van der Waals surface area contributed by atoms with Crippen molar-refractivity contribution in [3.63, 3.8) is 0 Å². The molecule has 1 unspecified atom stereocenters. The summed E-state index contributed by atoms with van der Waals surface area (Å²) in [6.45, 7) is 4.18. The van der Waals surface area contributed by atoms with E-state index in [-0.39, 0.29) is 0 Å². The Morgan fingerprint density at radius 1 is 1.32 bits per heavy atom. The summed E-state index contributed by atoms with van der Waals surface area (Å²) in [4.78, 5) is 20.0. The van der Waals surface area contributed by atoms with Crippen LogP contribution in [0.25, 0.3) is 0 Å². The molecule has 0 radical (unpaired) electrons. The van der Waals surface area contributed by atoms with Crippen LogP contribution >= 0.6 is 0 Å². The number of likely N-dealkylation sites (tertiary alicyclic amines) is 2. The molecule has 120 valence electrons. The van der Waals surface area contributed by atoms with E-state index in [2.05, 4.69) is 9.88 Å². The molecule has 0 saturated carbocycles. The number of carbonyl (C=O) groups excluding carboxylic acids is 1. The summed E-state index contributed by atoms with van der Waals surface area (Å²) in [5.41, 5.74) is 0. The zero-order chi connectivity index (χ0) is 15.4. The molecule has 3 rings (SSSR count). The molecule has 5 heteroatoms. The van der Waals surface area contributed by atoms with Gasteiger partial charge in [-0.05, 0) is 37.3 Å². The van der Waals surface area contributed by atoms with E-state index < -0.39 is 0 Å². The van der Waals surface area contributed by atoms with Gasteiger partial charge in [0.25, 0.3) is 0 Å². The van der Waals surface area contributed by atoms with Crippen LogP contribution in [0.2, 0.25) is 0 Å². The van der Waals surface area contributed by atoms with Gasteiger partial charge < -0.3 is 14.5 Å². The molecular weight excluding hydrogens is 278 g/mol. The fourth-order valence-electron chi connectivity index (χ4n) is 3.43. The molecule has 1 amide bonds. The maximum atomic E-state index is 11.5. The first-order chi connectivity index (χ1) is 10.7. The van der Waals surface area contributed by atoms with Crippen molar-refractivity contribution >= 4 is 5.91 Å². The highest BCUT2D eigenvalue weighted by Crippen LogP contribution is 2.22. The summed E-state index contributed by atoms with van der Waals surface area (Å²) in [5.74, 6) is 1.78. The van der Waals surface area contributed by atoms with Crippen molar-refractivity contribution in [2.75, 3.05) is 33.2 Å². The zero-order valence-corrected chi connectivity index (χ0v) is 13.3. The van der Waals surface area contributed by atoms with Gasteiger partial charge in [-0.15, -0.1) is 0 Å². The average molecular weight is 303 g/mol. The monoisotopic (exact) mass is 303 g/mol. The number of rotatable bonds is 4. The number of aromatic nitrogens is 1. The summed E-state index contributed by atoms with van der Waals surface area (Å²) >= 11 is 0. The number of nitrogens with zero attached hydrogens (tertiary/aromatic N) is 3. The van der Waals surface area contributed by atoms with E-state index in [4.69, 9.17) is 4.74 Å². The third-order valence-electron chi connectivity index (χ3n) is 4.71. The van der Waals surface area contributed by atoms with Gasteiger partial charge in [-0.2, -0.15) is 0 Å². The van der Waals surface area contributed by atoms with E-state index in [1.807, 2.05) is 24.1 Å². The Kier molecular flexibility index (Phi) is 4.93. The van der Waals surface area contributed by atoms with Crippen molar-refractivity contribution in [1.29, 1.82) is 0 Å². The lowest BCUT2D eigenvalue weighted by Crippen LogP contribution is -2.45.